The summed E-state index contributed by atoms with van der Waals surface area (Å²) in [7, 11) is 0. The van der Waals surface area contributed by atoms with Crippen molar-refractivity contribution >= 4 is 34.1 Å². The van der Waals surface area contributed by atoms with Crippen LogP contribution in [-0.4, -0.2) is 26.1 Å². The van der Waals surface area contributed by atoms with E-state index < -0.39 is 0 Å². The molecule has 0 fully saturated rings. The highest BCUT2D eigenvalue weighted by Crippen LogP contribution is 2.29. The van der Waals surface area contributed by atoms with E-state index in [9.17, 15) is 0 Å². The number of anilines is 1. The molecule has 2 heterocycles. The Bertz CT molecular complexity index is 1100. The highest BCUT2D eigenvalue weighted by Gasteiger charge is 2.17. The van der Waals surface area contributed by atoms with Crippen molar-refractivity contribution in [2.45, 2.75) is 6.92 Å². The van der Waals surface area contributed by atoms with Crippen molar-refractivity contribution in [3.05, 3.63) is 65.7 Å². The van der Waals surface area contributed by atoms with E-state index in [1.165, 1.54) is 0 Å². The van der Waals surface area contributed by atoms with Crippen LogP contribution in [0.4, 0.5) is 5.95 Å². The number of nitrogens with one attached hydrogen (secondary N) is 1. The molecule has 0 aliphatic rings. The van der Waals surface area contributed by atoms with E-state index in [0.717, 1.165) is 33.5 Å². The van der Waals surface area contributed by atoms with Crippen LogP contribution in [0.1, 0.15) is 5.56 Å². The molecule has 0 unspecified atom stereocenters. The number of benzene rings is 2. The van der Waals surface area contributed by atoms with Crippen molar-refractivity contribution in [3.63, 3.8) is 0 Å². The molecular formula is C19H16ClN5. The zero-order chi connectivity index (χ0) is 17.4. The summed E-state index contributed by atoms with van der Waals surface area (Å²) in [5, 5.41) is 13.7. The molecule has 2 aromatic carbocycles. The second kappa shape index (κ2) is 6.18. The standard InChI is InChI=1S/C19H16ClN5/c1-3-10-21-19-22-16-11-13(20)8-9-15(16)18-24-23-17(25(18)19)14-7-5-4-6-12(14)2/h3-9,11H,1,10H2,2H3,(H,21,22). The van der Waals surface area contributed by atoms with Crippen molar-refractivity contribution in [2.24, 2.45) is 0 Å². The largest absolute Gasteiger partial charge is 0.352 e. The van der Waals surface area contributed by atoms with Crippen LogP contribution in [0.25, 0.3) is 27.9 Å². The Labute approximate surface area is 150 Å². The maximum Gasteiger partial charge on any atom is 0.211 e. The zero-order valence-corrected chi connectivity index (χ0v) is 14.5. The quantitative estimate of drug-likeness (QED) is 0.551. The first-order chi connectivity index (χ1) is 12.2. The molecule has 1 N–H and O–H groups in total. The SMILES string of the molecule is C=CCNc1nc2cc(Cl)ccc2c2nnc(-c3ccccc3C)n12. The van der Waals surface area contributed by atoms with Crippen molar-refractivity contribution in [3.8, 4) is 11.4 Å². The molecule has 0 atom stereocenters. The zero-order valence-electron chi connectivity index (χ0n) is 13.7. The molecule has 0 saturated carbocycles. The predicted molar refractivity (Wildman–Crippen MR) is 102 cm³/mol. The van der Waals surface area contributed by atoms with Crippen LogP contribution in [0, 0.1) is 6.92 Å². The summed E-state index contributed by atoms with van der Waals surface area (Å²) in [4.78, 5) is 4.73. The molecule has 0 bridgehead atoms. The monoisotopic (exact) mass is 349 g/mol. The molecule has 25 heavy (non-hydrogen) atoms. The topological polar surface area (TPSA) is 55.1 Å². The molecule has 6 heteroatoms. The minimum Gasteiger partial charge on any atom is -0.352 e. The Hall–Kier alpha value is -2.92. The van der Waals surface area contributed by atoms with Crippen LogP contribution in [0.5, 0.6) is 0 Å². The summed E-state index contributed by atoms with van der Waals surface area (Å²) in [5.41, 5.74) is 3.66. The fourth-order valence-electron chi connectivity index (χ4n) is 2.89. The number of rotatable bonds is 4. The summed E-state index contributed by atoms with van der Waals surface area (Å²) >= 11 is 6.13. The number of hydrogen-bond acceptors (Lipinski definition) is 4. The van der Waals surface area contributed by atoms with Gasteiger partial charge in [-0.3, -0.25) is 0 Å². The van der Waals surface area contributed by atoms with Gasteiger partial charge in [0.2, 0.25) is 5.95 Å². The number of nitrogens with zero attached hydrogens (tertiary/aromatic N) is 4. The van der Waals surface area contributed by atoms with Crippen LogP contribution in [0.3, 0.4) is 0 Å². The minimum absolute atomic E-state index is 0.583. The third-order valence-electron chi connectivity index (χ3n) is 4.09. The van der Waals surface area contributed by atoms with E-state index in [-0.39, 0.29) is 0 Å². The molecule has 4 aromatic rings. The van der Waals surface area contributed by atoms with Crippen LogP contribution < -0.4 is 5.32 Å². The highest BCUT2D eigenvalue weighted by molar-refractivity contribution is 6.31. The van der Waals surface area contributed by atoms with Crippen LogP contribution >= 0.6 is 11.6 Å². The molecule has 0 saturated heterocycles. The maximum absolute atomic E-state index is 6.13. The van der Waals surface area contributed by atoms with E-state index in [1.54, 1.807) is 6.08 Å². The van der Waals surface area contributed by atoms with Gasteiger partial charge in [0.05, 0.1) is 5.52 Å². The van der Waals surface area contributed by atoms with Gasteiger partial charge < -0.3 is 5.32 Å². The molecule has 0 spiro atoms. The Morgan fingerprint density at radius 1 is 1.20 bits per heavy atom. The van der Waals surface area contributed by atoms with Gasteiger partial charge in [-0.1, -0.05) is 41.9 Å². The van der Waals surface area contributed by atoms with Crippen LogP contribution in [0.15, 0.2) is 55.1 Å². The Balaban J connectivity index is 2.07. The van der Waals surface area contributed by atoms with E-state index in [2.05, 4.69) is 35.1 Å². The van der Waals surface area contributed by atoms with E-state index in [4.69, 9.17) is 16.6 Å². The average Bonchev–Trinajstić information content (AvgIpc) is 3.05. The lowest BCUT2D eigenvalue weighted by atomic mass is 10.1. The lowest BCUT2D eigenvalue weighted by Gasteiger charge is -2.11. The van der Waals surface area contributed by atoms with Gasteiger partial charge in [0, 0.05) is 22.5 Å². The number of aryl methyl sites for hydroxylation is 1. The van der Waals surface area contributed by atoms with Gasteiger partial charge in [-0.2, -0.15) is 0 Å². The smallest absolute Gasteiger partial charge is 0.211 e. The van der Waals surface area contributed by atoms with E-state index in [1.807, 2.05) is 40.8 Å². The number of aromatic nitrogens is 4. The molecular weight excluding hydrogens is 334 g/mol. The second-order valence-electron chi connectivity index (χ2n) is 5.76. The Morgan fingerprint density at radius 2 is 2.04 bits per heavy atom. The van der Waals surface area contributed by atoms with Crippen LogP contribution in [0.2, 0.25) is 5.02 Å². The summed E-state index contributed by atoms with van der Waals surface area (Å²) in [6.07, 6.45) is 1.79. The third kappa shape index (κ3) is 2.62. The lowest BCUT2D eigenvalue weighted by molar-refractivity contribution is 1.07. The number of halogens is 1. The first kappa shape index (κ1) is 15.6. The van der Waals surface area contributed by atoms with Gasteiger partial charge in [0.25, 0.3) is 0 Å². The summed E-state index contributed by atoms with van der Waals surface area (Å²) in [6, 6.07) is 13.7. The first-order valence-corrected chi connectivity index (χ1v) is 8.32. The summed E-state index contributed by atoms with van der Waals surface area (Å²) in [6.45, 7) is 6.40. The van der Waals surface area contributed by atoms with E-state index >= 15 is 0 Å². The molecule has 0 aliphatic carbocycles. The Kier molecular flexibility index (Phi) is 3.86. The lowest BCUT2D eigenvalue weighted by Crippen LogP contribution is -2.08. The third-order valence-corrected chi connectivity index (χ3v) is 4.33. The molecule has 0 amide bonds. The normalized spacial score (nSPS) is 11.1. The fraction of sp³-hybridized carbons (Fsp3) is 0.105. The van der Waals surface area contributed by atoms with Crippen molar-refractivity contribution in [1.82, 2.24) is 19.6 Å². The highest BCUT2D eigenvalue weighted by atomic mass is 35.5. The second-order valence-corrected chi connectivity index (χ2v) is 6.20. The molecule has 124 valence electrons. The number of hydrogen-bond donors (Lipinski definition) is 1. The first-order valence-electron chi connectivity index (χ1n) is 7.94. The number of fused-ring (bicyclic) bond motifs is 3. The van der Waals surface area contributed by atoms with Crippen molar-refractivity contribution in [2.75, 3.05) is 11.9 Å². The average molecular weight is 350 g/mol. The van der Waals surface area contributed by atoms with Gasteiger partial charge >= 0.3 is 0 Å². The van der Waals surface area contributed by atoms with Crippen molar-refractivity contribution < 1.29 is 0 Å². The maximum atomic E-state index is 6.13. The predicted octanol–water partition coefficient (Wildman–Crippen LogP) is 4.50. The molecule has 0 radical (unpaired) electrons. The van der Waals surface area contributed by atoms with Gasteiger partial charge in [-0.15, -0.1) is 16.8 Å². The van der Waals surface area contributed by atoms with Gasteiger partial charge in [-0.05, 0) is 30.7 Å². The molecule has 0 aliphatic heterocycles. The Morgan fingerprint density at radius 3 is 2.84 bits per heavy atom. The molecule has 5 nitrogen and oxygen atoms in total. The minimum atomic E-state index is 0.583. The summed E-state index contributed by atoms with van der Waals surface area (Å²) in [5.74, 6) is 1.41. The van der Waals surface area contributed by atoms with Crippen LogP contribution in [-0.2, 0) is 0 Å². The fourth-order valence-corrected chi connectivity index (χ4v) is 3.06. The summed E-state index contributed by atoms with van der Waals surface area (Å²) < 4.78 is 1.95. The van der Waals surface area contributed by atoms with Crippen molar-refractivity contribution in [1.29, 1.82) is 0 Å². The van der Waals surface area contributed by atoms with Gasteiger partial charge in [-0.25, -0.2) is 9.38 Å². The molecule has 4 rings (SSSR count). The van der Waals surface area contributed by atoms with Gasteiger partial charge in [0.1, 0.15) is 0 Å². The van der Waals surface area contributed by atoms with E-state index in [0.29, 0.717) is 17.5 Å². The van der Waals surface area contributed by atoms with Gasteiger partial charge in [0.15, 0.2) is 11.5 Å². The molecule has 2 aromatic heterocycles.